The number of rotatable bonds is 6. The number of oxazole rings is 1. The molecule has 4 heterocycles. The van der Waals surface area contributed by atoms with E-state index in [1.165, 1.54) is 22.7 Å². The van der Waals surface area contributed by atoms with Crippen LogP contribution in [0.15, 0.2) is 53.4 Å². The van der Waals surface area contributed by atoms with E-state index >= 15 is 0 Å². The summed E-state index contributed by atoms with van der Waals surface area (Å²) in [7, 11) is -3.39. The molecule has 0 atom stereocenters. The Morgan fingerprint density at radius 2 is 2.03 bits per heavy atom. The summed E-state index contributed by atoms with van der Waals surface area (Å²) in [6, 6.07) is 7.77. The predicted molar refractivity (Wildman–Crippen MR) is 111 cm³/mol. The van der Waals surface area contributed by atoms with Crippen molar-refractivity contribution in [3.8, 4) is 22.6 Å². The number of aromatic nitrogens is 4. The third-order valence-corrected chi connectivity index (χ3v) is 6.52. The van der Waals surface area contributed by atoms with Gasteiger partial charge in [-0.1, -0.05) is 0 Å². The lowest BCUT2D eigenvalue weighted by atomic mass is 10.1. The summed E-state index contributed by atoms with van der Waals surface area (Å²) in [6.45, 7) is 1.48. The first-order valence-corrected chi connectivity index (χ1v) is 11.0. The SMILES string of the molecule is O=S1(=O)NCCN1CCNc1nccc(-c2c(-c3ccc(F)cc3)nc3occn23)n1. The molecule has 5 rings (SSSR count). The lowest BCUT2D eigenvalue weighted by molar-refractivity contribution is 0.461. The summed E-state index contributed by atoms with van der Waals surface area (Å²) in [6.07, 6.45) is 4.85. The minimum Gasteiger partial charge on any atom is -0.432 e. The Kier molecular flexibility index (Phi) is 4.88. The fraction of sp³-hybridized carbons (Fsp3) is 0.211. The van der Waals surface area contributed by atoms with Gasteiger partial charge in [-0.15, -0.1) is 0 Å². The van der Waals surface area contributed by atoms with Crippen LogP contribution in [0.3, 0.4) is 0 Å². The van der Waals surface area contributed by atoms with E-state index in [0.29, 0.717) is 55.1 Å². The first kappa shape index (κ1) is 19.6. The van der Waals surface area contributed by atoms with Gasteiger partial charge in [-0.2, -0.15) is 17.7 Å². The second kappa shape index (κ2) is 7.72. The number of imidazole rings is 1. The predicted octanol–water partition coefficient (Wildman–Crippen LogP) is 1.75. The van der Waals surface area contributed by atoms with Crippen molar-refractivity contribution in [1.29, 1.82) is 0 Å². The molecule has 0 saturated carbocycles. The number of fused-ring (bicyclic) bond motifs is 1. The van der Waals surface area contributed by atoms with Crippen LogP contribution in [0.25, 0.3) is 28.5 Å². The van der Waals surface area contributed by atoms with Crippen LogP contribution < -0.4 is 10.0 Å². The Bertz CT molecular complexity index is 1330. The molecule has 160 valence electrons. The number of benzene rings is 1. The van der Waals surface area contributed by atoms with Crippen LogP contribution in [0.1, 0.15) is 0 Å². The van der Waals surface area contributed by atoms with Gasteiger partial charge >= 0.3 is 5.84 Å². The van der Waals surface area contributed by atoms with Crippen molar-refractivity contribution < 1.29 is 17.2 Å². The molecular weight excluding hydrogens is 425 g/mol. The average Bonchev–Trinajstić information content (AvgIpc) is 3.43. The highest BCUT2D eigenvalue weighted by Crippen LogP contribution is 2.32. The zero-order valence-electron chi connectivity index (χ0n) is 16.2. The van der Waals surface area contributed by atoms with Gasteiger partial charge < -0.3 is 9.73 Å². The van der Waals surface area contributed by atoms with E-state index in [4.69, 9.17) is 4.42 Å². The minimum atomic E-state index is -3.39. The van der Waals surface area contributed by atoms with Gasteiger partial charge in [-0.05, 0) is 30.3 Å². The molecule has 1 aromatic carbocycles. The van der Waals surface area contributed by atoms with Crippen LogP contribution in [-0.2, 0) is 10.2 Å². The average molecular weight is 443 g/mol. The van der Waals surface area contributed by atoms with Crippen molar-refractivity contribution in [2.75, 3.05) is 31.5 Å². The Hall–Kier alpha value is -3.35. The number of anilines is 1. The van der Waals surface area contributed by atoms with Gasteiger partial charge in [0, 0.05) is 44.1 Å². The van der Waals surface area contributed by atoms with Crippen LogP contribution in [0.2, 0.25) is 0 Å². The van der Waals surface area contributed by atoms with Crippen molar-refractivity contribution in [1.82, 2.24) is 28.4 Å². The van der Waals surface area contributed by atoms with Crippen LogP contribution in [-0.4, -0.2) is 58.3 Å². The molecular formula is C19H18FN7O3S. The van der Waals surface area contributed by atoms with Gasteiger partial charge in [-0.3, -0.25) is 4.40 Å². The topological polar surface area (TPSA) is 118 Å². The smallest absolute Gasteiger partial charge is 0.306 e. The number of hydrogen-bond donors (Lipinski definition) is 2. The first-order chi connectivity index (χ1) is 15.0. The van der Waals surface area contributed by atoms with Gasteiger partial charge in [0.2, 0.25) is 5.95 Å². The highest BCUT2D eigenvalue weighted by molar-refractivity contribution is 7.87. The van der Waals surface area contributed by atoms with Crippen LogP contribution >= 0.6 is 0 Å². The third kappa shape index (κ3) is 3.76. The molecule has 1 fully saturated rings. The zero-order valence-corrected chi connectivity index (χ0v) is 17.0. The van der Waals surface area contributed by atoms with Crippen molar-refractivity contribution in [3.63, 3.8) is 0 Å². The molecule has 12 heteroatoms. The maximum Gasteiger partial charge on any atom is 0.306 e. The largest absolute Gasteiger partial charge is 0.432 e. The fourth-order valence-corrected chi connectivity index (χ4v) is 4.65. The summed E-state index contributed by atoms with van der Waals surface area (Å²) in [4.78, 5) is 13.3. The minimum absolute atomic E-state index is 0.294. The first-order valence-electron chi connectivity index (χ1n) is 9.55. The van der Waals surface area contributed by atoms with E-state index in [1.54, 1.807) is 35.0 Å². The molecule has 0 amide bonds. The molecule has 2 N–H and O–H groups in total. The molecule has 1 aliphatic rings. The van der Waals surface area contributed by atoms with E-state index < -0.39 is 10.2 Å². The van der Waals surface area contributed by atoms with E-state index in [1.807, 2.05) is 0 Å². The van der Waals surface area contributed by atoms with Crippen molar-refractivity contribution in [2.24, 2.45) is 0 Å². The Labute approximate surface area is 176 Å². The monoisotopic (exact) mass is 443 g/mol. The molecule has 0 aliphatic carbocycles. The van der Waals surface area contributed by atoms with E-state index in [2.05, 4.69) is 25.0 Å². The summed E-state index contributed by atoms with van der Waals surface area (Å²) in [5.41, 5.74) is 2.57. The summed E-state index contributed by atoms with van der Waals surface area (Å²) >= 11 is 0. The number of hydrogen-bond acceptors (Lipinski definition) is 7. The number of halogens is 1. The van der Waals surface area contributed by atoms with Crippen molar-refractivity contribution >= 4 is 22.0 Å². The molecule has 0 unspecified atom stereocenters. The van der Waals surface area contributed by atoms with Crippen LogP contribution in [0, 0.1) is 5.82 Å². The van der Waals surface area contributed by atoms with Crippen LogP contribution in [0.5, 0.6) is 0 Å². The molecule has 3 aromatic heterocycles. The Balaban J connectivity index is 1.43. The number of nitrogens with zero attached hydrogens (tertiary/aromatic N) is 5. The molecule has 4 aromatic rings. The molecule has 10 nitrogen and oxygen atoms in total. The van der Waals surface area contributed by atoms with Gasteiger partial charge in [0.05, 0.1) is 5.69 Å². The third-order valence-electron chi connectivity index (χ3n) is 4.91. The normalized spacial score (nSPS) is 16.2. The van der Waals surface area contributed by atoms with Crippen molar-refractivity contribution in [2.45, 2.75) is 0 Å². The van der Waals surface area contributed by atoms with Crippen molar-refractivity contribution in [3.05, 3.63) is 54.8 Å². The van der Waals surface area contributed by atoms with Crippen LogP contribution in [0.4, 0.5) is 10.3 Å². The van der Waals surface area contributed by atoms with E-state index in [-0.39, 0.29) is 5.82 Å². The quantitative estimate of drug-likeness (QED) is 0.466. The maximum absolute atomic E-state index is 13.4. The Morgan fingerprint density at radius 3 is 2.81 bits per heavy atom. The van der Waals surface area contributed by atoms with Gasteiger partial charge in [0.25, 0.3) is 10.2 Å². The molecule has 0 spiro atoms. The van der Waals surface area contributed by atoms with E-state index in [9.17, 15) is 12.8 Å². The summed E-state index contributed by atoms with van der Waals surface area (Å²) in [5, 5.41) is 3.06. The standard InChI is InChI=1S/C19H18FN7O3S/c20-14-3-1-13(2-4-14)16-17(27-11-12-30-19(27)25-16)15-5-6-21-18(24-15)22-7-9-26-10-8-23-31(26,28)29/h1-6,11-12,23H,7-10H2,(H,21,22,24). The van der Waals surface area contributed by atoms with Gasteiger partial charge in [-0.25, -0.2) is 19.1 Å². The Morgan fingerprint density at radius 1 is 1.19 bits per heavy atom. The second-order valence-corrected chi connectivity index (χ2v) is 8.62. The summed E-state index contributed by atoms with van der Waals surface area (Å²) < 4.78 is 48.0. The molecule has 1 saturated heterocycles. The fourth-order valence-electron chi connectivity index (χ4n) is 3.45. The summed E-state index contributed by atoms with van der Waals surface area (Å²) in [5.74, 6) is 0.400. The zero-order chi connectivity index (χ0) is 21.4. The van der Waals surface area contributed by atoms with E-state index in [0.717, 1.165) is 5.56 Å². The lowest BCUT2D eigenvalue weighted by Gasteiger charge is -2.13. The molecule has 0 radical (unpaired) electrons. The number of nitrogens with one attached hydrogen (secondary N) is 2. The maximum atomic E-state index is 13.4. The van der Waals surface area contributed by atoms with Gasteiger partial charge in [0.1, 0.15) is 23.5 Å². The molecule has 0 bridgehead atoms. The highest BCUT2D eigenvalue weighted by Gasteiger charge is 2.27. The molecule has 1 aliphatic heterocycles. The van der Waals surface area contributed by atoms with Gasteiger partial charge in [0.15, 0.2) is 0 Å². The molecule has 31 heavy (non-hydrogen) atoms. The lowest BCUT2D eigenvalue weighted by Crippen LogP contribution is -2.33. The highest BCUT2D eigenvalue weighted by atomic mass is 32.2. The second-order valence-electron chi connectivity index (χ2n) is 6.86.